The van der Waals surface area contributed by atoms with E-state index in [1.54, 1.807) is 0 Å². The second kappa shape index (κ2) is 6.44. The lowest BCUT2D eigenvalue weighted by atomic mass is 9.85. The molecule has 1 saturated heterocycles. The second-order valence-electron chi connectivity index (χ2n) is 6.35. The minimum atomic E-state index is -4.06. The Hall–Kier alpha value is -0.290. The van der Waals surface area contributed by atoms with Crippen LogP contribution in [0.3, 0.4) is 0 Å². The average Bonchev–Trinajstić information content (AvgIpc) is 2.30. The summed E-state index contributed by atoms with van der Waals surface area (Å²) >= 11 is 0. The van der Waals surface area contributed by atoms with E-state index in [0.717, 1.165) is 13.0 Å². The van der Waals surface area contributed by atoms with E-state index in [1.165, 1.54) is 6.42 Å². The fraction of sp³-hybridized carbons (Fsp3) is 1.00. The molecular formula is C14H27F3N2. The molecule has 1 heterocycles. The Balaban J connectivity index is 2.62. The molecule has 1 aliphatic rings. The number of halogens is 3. The fourth-order valence-corrected chi connectivity index (χ4v) is 3.07. The van der Waals surface area contributed by atoms with Crippen molar-refractivity contribution >= 4 is 0 Å². The van der Waals surface area contributed by atoms with Crippen LogP contribution in [0.25, 0.3) is 0 Å². The molecule has 2 nitrogen and oxygen atoms in total. The molecule has 1 rings (SSSR count). The summed E-state index contributed by atoms with van der Waals surface area (Å²) in [5, 5.41) is 0. The van der Waals surface area contributed by atoms with Crippen molar-refractivity contribution in [3.8, 4) is 0 Å². The van der Waals surface area contributed by atoms with Gasteiger partial charge < -0.3 is 5.73 Å². The van der Waals surface area contributed by atoms with E-state index in [1.807, 2.05) is 6.92 Å². The summed E-state index contributed by atoms with van der Waals surface area (Å²) in [4.78, 5) is 2.33. The van der Waals surface area contributed by atoms with Crippen LogP contribution in [0, 0.1) is 5.92 Å². The monoisotopic (exact) mass is 280 g/mol. The Morgan fingerprint density at radius 2 is 1.79 bits per heavy atom. The third kappa shape index (κ3) is 4.95. The highest BCUT2D eigenvalue weighted by molar-refractivity contribution is 4.93. The summed E-state index contributed by atoms with van der Waals surface area (Å²) in [6, 6.07) is 0.413. The van der Waals surface area contributed by atoms with Crippen LogP contribution in [0.5, 0.6) is 0 Å². The van der Waals surface area contributed by atoms with Gasteiger partial charge in [0.25, 0.3) is 0 Å². The molecule has 0 aromatic heterocycles. The summed E-state index contributed by atoms with van der Waals surface area (Å²) in [7, 11) is 0. The van der Waals surface area contributed by atoms with Gasteiger partial charge in [0, 0.05) is 31.1 Å². The molecule has 0 aliphatic carbocycles. The molecule has 19 heavy (non-hydrogen) atoms. The summed E-state index contributed by atoms with van der Waals surface area (Å²) in [5.41, 5.74) is 5.57. The molecule has 0 spiro atoms. The number of hydrogen-bond donors (Lipinski definition) is 1. The van der Waals surface area contributed by atoms with E-state index in [2.05, 4.69) is 18.7 Å². The van der Waals surface area contributed by atoms with Gasteiger partial charge in [0.15, 0.2) is 0 Å². The van der Waals surface area contributed by atoms with Gasteiger partial charge in [-0.05, 0) is 45.4 Å². The molecule has 5 heteroatoms. The number of rotatable bonds is 5. The lowest BCUT2D eigenvalue weighted by molar-refractivity contribution is -0.137. The van der Waals surface area contributed by atoms with E-state index in [9.17, 15) is 13.2 Å². The minimum absolute atomic E-state index is 0.162. The number of nitrogens with zero attached hydrogens (tertiary/aromatic N) is 1. The van der Waals surface area contributed by atoms with Crippen LogP contribution in [-0.4, -0.2) is 35.7 Å². The van der Waals surface area contributed by atoms with Crippen LogP contribution in [0.4, 0.5) is 13.2 Å². The van der Waals surface area contributed by atoms with Crippen molar-refractivity contribution in [1.29, 1.82) is 0 Å². The second-order valence-corrected chi connectivity index (χ2v) is 6.35. The minimum Gasteiger partial charge on any atom is -0.329 e. The first kappa shape index (κ1) is 16.8. The van der Waals surface area contributed by atoms with Crippen molar-refractivity contribution in [2.24, 2.45) is 11.7 Å². The predicted molar refractivity (Wildman–Crippen MR) is 71.9 cm³/mol. The Morgan fingerprint density at radius 3 is 2.32 bits per heavy atom. The van der Waals surface area contributed by atoms with Crippen LogP contribution < -0.4 is 5.73 Å². The maximum atomic E-state index is 12.3. The average molecular weight is 280 g/mol. The quantitative estimate of drug-likeness (QED) is 0.834. The smallest absolute Gasteiger partial charge is 0.329 e. The molecule has 0 aromatic rings. The molecule has 114 valence electrons. The Morgan fingerprint density at radius 1 is 1.16 bits per heavy atom. The molecule has 2 N–H and O–H groups in total. The normalized spacial score (nSPS) is 29.2. The number of alkyl halides is 3. The van der Waals surface area contributed by atoms with E-state index in [-0.39, 0.29) is 12.0 Å². The Labute approximate surface area is 114 Å². The highest BCUT2D eigenvalue weighted by Gasteiger charge is 2.37. The molecular weight excluding hydrogens is 253 g/mol. The van der Waals surface area contributed by atoms with Crippen molar-refractivity contribution in [2.45, 2.75) is 70.6 Å². The first-order valence-electron chi connectivity index (χ1n) is 7.21. The van der Waals surface area contributed by atoms with Gasteiger partial charge in [-0.1, -0.05) is 6.92 Å². The maximum absolute atomic E-state index is 12.3. The number of nitrogens with two attached hydrogens (primary N) is 1. The van der Waals surface area contributed by atoms with E-state index in [0.29, 0.717) is 24.9 Å². The highest BCUT2D eigenvalue weighted by atomic mass is 19.4. The predicted octanol–water partition coefficient (Wildman–Crippen LogP) is 3.56. The number of hydrogen-bond acceptors (Lipinski definition) is 2. The van der Waals surface area contributed by atoms with Gasteiger partial charge in [0.2, 0.25) is 0 Å². The number of piperidine rings is 1. The van der Waals surface area contributed by atoms with Gasteiger partial charge in [0.1, 0.15) is 0 Å². The zero-order chi connectivity index (χ0) is 14.7. The summed E-state index contributed by atoms with van der Waals surface area (Å²) in [6.07, 6.45) is -1.79. The van der Waals surface area contributed by atoms with Crippen molar-refractivity contribution in [1.82, 2.24) is 4.90 Å². The Kier molecular flexibility index (Phi) is 5.68. The first-order chi connectivity index (χ1) is 8.68. The molecule has 0 bridgehead atoms. The molecule has 0 saturated carbocycles. The van der Waals surface area contributed by atoms with Gasteiger partial charge >= 0.3 is 6.18 Å². The lowest BCUT2D eigenvalue weighted by Crippen LogP contribution is -2.58. The first-order valence-corrected chi connectivity index (χ1v) is 7.21. The zero-order valence-corrected chi connectivity index (χ0v) is 12.3. The lowest BCUT2D eigenvalue weighted by Gasteiger charge is -2.48. The third-order valence-corrected chi connectivity index (χ3v) is 4.43. The van der Waals surface area contributed by atoms with E-state index in [4.69, 9.17) is 5.73 Å². The standard InChI is InChI=1S/C14H27F3N2/c1-11-5-6-12(2)19(9-11)13(3,10-18)7-4-8-14(15,16)17/h11-12H,4-10,18H2,1-3H3. The topological polar surface area (TPSA) is 29.3 Å². The van der Waals surface area contributed by atoms with Crippen LogP contribution >= 0.6 is 0 Å². The number of likely N-dealkylation sites (tertiary alicyclic amines) is 1. The van der Waals surface area contributed by atoms with Gasteiger partial charge in [-0.3, -0.25) is 4.90 Å². The molecule has 1 fully saturated rings. The highest BCUT2D eigenvalue weighted by Crippen LogP contribution is 2.33. The van der Waals surface area contributed by atoms with Crippen molar-refractivity contribution < 1.29 is 13.2 Å². The van der Waals surface area contributed by atoms with Crippen LogP contribution in [0.2, 0.25) is 0 Å². The maximum Gasteiger partial charge on any atom is 0.389 e. The van der Waals surface area contributed by atoms with Gasteiger partial charge in [-0.2, -0.15) is 13.2 Å². The molecule has 1 aliphatic heterocycles. The van der Waals surface area contributed by atoms with Gasteiger partial charge in [0.05, 0.1) is 0 Å². The molecule has 3 atom stereocenters. The van der Waals surface area contributed by atoms with Crippen LogP contribution in [0.15, 0.2) is 0 Å². The van der Waals surface area contributed by atoms with E-state index < -0.39 is 12.6 Å². The summed E-state index contributed by atoms with van der Waals surface area (Å²) in [5.74, 6) is 0.602. The van der Waals surface area contributed by atoms with E-state index >= 15 is 0 Å². The molecule has 0 radical (unpaired) electrons. The SMILES string of the molecule is CC1CCC(C)N(C(C)(CN)CCCC(F)(F)F)C1. The summed E-state index contributed by atoms with van der Waals surface area (Å²) < 4.78 is 36.8. The molecule has 0 aromatic carbocycles. The van der Waals surface area contributed by atoms with Crippen molar-refractivity contribution in [3.63, 3.8) is 0 Å². The summed E-state index contributed by atoms with van der Waals surface area (Å²) in [6.45, 7) is 7.73. The third-order valence-electron chi connectivity index (χ3n) is 4.43. The Bertz CT molecular complexity index is 280. The molecule has 0 amide bonds. The largest absolute Gasteiger partial charge is 0.389 e. The van der Waals surface area contributed by atoms with Crippen LogP contribution in [0.1, 0.15) is 52.9 Å². The fourth-order valence-electron chi connectivity index (χ4n) is 3.07. The van der Waals surface area contributed by atoms with Crippen LogP contribution in [-0.2, 0) is 0 Å². The zero-order valence-electron chi connectivity index (χ0n) is 12.3. The van der Waals surface area contributed by atoms with Gasteiger partial charge in [-0.15, -0.1) is 0 Å². The molecule has 3 unspecified atom stereocenters. The van der Waals surface area contributed by atoms with Gasteiger partial charge in [-0.25, -0.2) is 0 Å². The van der Waals surface area contributed by atoms with Crippen molar-refractivity contribution in [2.75, 3.05) is 13.1 Å². The van der Waals surface area contributed by atoms with Crippen molar-refractivity contribution in [3.05, 3.63) is 0 Å².